The molecule has 2 unspecified atom stereocenters. The van der Waals surface area contributed by atoms with Crippen LogP contribution in [0.15, 0.2) is 30.3 Å². The lowest BCUT2D eigenvalue weighted by Gasteiger charge is -2.03. The van der Waals surface area contributed by atoms with Crippen molar-refractivity contribution in [1.82, 2.24) is 0 Å². The second-order valence-corrected chi connectivity index (χ2v) is 7.47. The van der Waals surface area contributed by atoms with E-state index in [2.05, 4.69) is 6.92 Å². The quantitative estimate of drug-likeness (QED) is 0.209. The highest BCUT2D eigenvalue weighted by Gasteiger charge is 2.37. The van der Waals surface area contributed by atoms with E-state index in [9.17, 15) is 4.79 Å². The van der Waals surface area contributed by atoms with Gasteiger partial charge in [-0.2, -0.15) is 0 Å². The fraction of sp³-hybridized carbons (Fsp3) is 0.696. The molecule has 1 heterocycles. The van der Waals surface area contributed by atoms with Gasteiger partial charge in [0.25, 0.3) is 0 Å². The molecule has 0 saturated carbocycles. The summed E-state index contributed by atoms with van der Waals surface area (Å²) in [6.45, 7) is 2.75. The Hall–Kier alpha value is -1.35. The highest BCUT2D eigenvalue weighted by molar-refractivity contribution is 5.89. The van der Waals surface area contributed by atoms with Crippen molar-refractivity contribution >= 4 is 5.97 Å². The molecule has 2 rings (SSSR count). The topological polar surface area (TPSA) is 38.8 Å². The molecule has 0 bridgehead atoms. The Morgan fingerprint density at radius 1 is 0.846 bits per heavy atom. The highest BCUT2D eigenvalue weighted by Crippen LogP contribution is 2.31. The average molecular weight is 361 g/mol. The summed E-state index contributed by atoms with van der Waals surface area (Å²) in [6.07, 6.45) is 16.3. The maximum Gasteiger partial charge on any atom is 0.338 e. The summed E-state index contributed by atoms with van der Waals surface area (Å²) < 4.78 is 11.0. The van der Waals surface area contributed by atoms with Crippen LogP contribution in [0.4, 0.5) is 0 Å². The molecular formula is C23H36O3. The first-order chi connectivity index (χ1) is 12.8. The fourth-order valence-corrected chi connectivity index (χ4v) is 3.45. The molecule has 1 aliphatic rings. The SMILES string of the molecule is CCCCCCCCCCCC1OC1CCCOC(=O)c1ccccc1. The van der Waals surface area contributed by atoms with Crippen molar-refractivity contribution in [3.8, 4) is 0 Å². The fourth-order valence-electron chi connectivity index (χ4n) is 3.45. The van der Waals surface area contributed by atoms with Crippen LogP contribution in [0.1, 0.15) is 94.3 Å². The Balaban J connectivity index is 1.37. The van der Waals surface area contributed by atoms with Crippen molar-refractivity contribution in [3.63, 3.8) is 0 Å². The van der Waals surface area contributed by atoms with Gasteiger partial charge in [-0.3, -0.25) is 0 Å². The Morgan fingerprint density at radius 3 is 2.08 bits per heavy atom. The van der Waals surface area contributed by atoms with E-state index < -0.39 is 0 Å². The average Bonchev–Trinajstić information content (AvgIpc) is 3.42. The molecule has 0 aliphatic carbocycles. The van der Waals surface area contributed by atoms with Gasteiger partial charge < -0.3 is 9.47 Å². The summed E-state index contributed by atoms with van der Waals surface area (Å²) in [5.74, 6) is -0.228. The van der Waals surface area contributed by atoms with E-state index in [-0.39, 0.29) is 5.97 Å². The monoisotopic (exact) mass is 360 g/mol. The zero-order valence-electron chi connectivity index (χ0n) is 16.5. The third-order valence-corrected chi connectivity index (χ3v) is 5.16. The number of carbonyl (C=O) groups is 1. The molecule has 0 N–H and O–H groups in total. The third kappa shape index (κ3) is 8.84. The lowest BCUT2D eigenvalue weighted by Crippen LogP contribution is -2.07. The molecule has 26 heavy (non-hydrogen) atoms. The first kappa shape index (κ1) is 21.0. The summed E-state index contributed by atoms with van der Waals surface area (Å²) in [4.78, 5) is 11.8. The van der Waals surface area contributed by atoms with Crippen LogP contribution in [0.25, 0.3) is 0 Å². The number of carbonyl (C=O) groups excluding carboxylic acids is 1. The van der Waals surface area contributed by atoms with Gasteiger partial charge in [0, 0.05) is 0 Å². The minimum Gasteiger partial charge on any atom is -0.462 e. The van der Waals surface area contributed by atoms with Gasteiger partial charge in [0.05, 0.1) is 24.4 Å². The van der Waals surface area contributed by atoms with Crippen LogP contribution in [0, 0.1) is 0 Å². The number of unbranched alkanes of at least 4 members (excludes halogenated alkanes) is 8. The summed E-state index contributed by atoms with van der Waals surface area (Å²) in [5.41, 5.74) is 0.624. The summed E-state index contributed by atoms with van der Waals surface area (Å²) in [6, 6.07) is 9.17. The molecule has 1 fully saturated rings. The van der Waals surface area contributed by atoms with E-state index in [0.29, 0.717) is 24.4 Å². The van der Waals surface area contributed by atoms with Crippen LogP contribution >= 0.6 is 0 Å². The van der Waals surface area contributed by atoms with Gasteiger partial charge in [-0.15, -0.1) is 0 Å². The molecule has 3 nitrogen and oxygen atoms in total. The van der Waals surface area contributed by atoms with E-state index in [0.717, 1.165) is 12.8 Å². The van der Waals surface area contributed by atoms with Gasteiger partial charge in [0.1, 0.15) is 0 Å². The molecule has 0 radical (unpaired) electrons. The van der Waals surface area contributed by atoms with E-state index in [1.54, 1.807) is 12.1 Å². The summed E-state index contributed by atoms with van der Waals surface area (Å²) in [5, 5.41) is 0. The first-order valence-electron chi connectivity index (χ1n) is 10.7. The summed E-state index contributed by atoms with van der Waals surface area (Å²) >= 11 is 0. The molecule has 3 heteroatoms. The largest absolute Gasteiger partial charge is 0.462 e. The number of benzene rings is 1. The molecule has 1 aromatic rings. The van der Waals surface area contributed by atoms with E-state index in [1.165, 1.54) is 64.2 Å². The predicted octanol–water partition coefficient (Wildman–Crippen LogP) is 6.31. The van der Waals surface area contributed by atoms with Crippen molar-refractivity contribution in [2.24, 2.45) is 0 Å². The lowest BCUT2D eigenvalue weighted by atomic mass is 10.0. The standard InChI is InChI=1S/C23H36O3/c1-2-3-4-5-6-7-8-9-13-17-21-22(26-21)18-14-19-25-23(24)20-15-11-10-12-16-20/h10-12,15-16,21-22H,2-9,13-14,17-19H2,1H3. The normalized spacial score (nSPS) is 18.7. The predicted molar refractivity (Wildman–Crippen MR) is 106 cm³/mol. The van der Waals surface area contributed by atoms with Crippen molar-refractivity contribution in [2.45, 2.75) is 96.2 Å². The van der Waals surface area contributed by atoms with Gasteiger partial charge in [-0.25, -0.2) is 4.79 Å². The smallest absolute Gasteiger partial charge is 0.338 e. The molecule has 0 aromatic heterocycles. The Bertz CT molecular complexity index is 485. The van der Waals surface area contributed by atoms with Gasteiger partial charge in [0.2, 0.25) is 0 Å². The molecule has 0 amide bonds. The Labute approximate surface area is 159 Å². The van der Waals surface area contributed by atoms with Crippen molar-refractivity contribution in [2.75, 3.05) is 6.61 Å². The Kier molecular flexibility index (Phi) is 10.4. The number of esters is 1. The van der Waals surface area contributed by atoms with Gasteiger partial charge in [-0.05, 0) is 31.4 Å². The Morgan fingerprint density at radius 2 is 1.42 bits per heavy atom. The third-order valence-electron chi connectivity index (χ3n) is 5.16. The van der Waals surface area contributed by atoms with E-state index in [4.69, 9.17) is 9.47 Å². The highest BCUT2D eigenvalue weighted by atomic mass is 16.6. The number of epoxide rings is 1. The van der Waals surface area contributed by atoms with Crippen LogP contribution in [-0.2, 0) is 9.47 Å². The second kappa shape index (κ2) is 12.9. The van der Waals surface area contributed by atoms with Crippen molar-refractivity contribution in [3.05, 3.63) is 35.9 Å². The van der Waals surface area contributed by atoms with Gasteiger partial charge >= 0.3 is 5.97 Å². The van der Waals surface area contributed by atoms with Crippen LogP contribution in [-0.4, -0.2) is 24.8 Å². The molecule has 146 valence electrons. The molecule has 0 spiro atoms. The first-order valence-corrected chi connectivity index (χ1v) is 10.7. The van der Waals surface area contributed by atoms with Crippen LogP contribution in [0.3, 0.4) is 0 Å². The molecule has 1 aromatic carbocycles. The number of hydrogen-bond donors (Lipinski definition) is 0. The maximum atomic E-state index is 11.8. The minimum absolute atomic E-state index is 0.228. The molecule has 1 saturated heterocycles. The molecule has 2 atom stereocenters. The second-order valence-electron chi connectivity index (χ2n) is 7.47. The van der Waals surface area contributed by atoms with Crippen LogP contribution in [0.5, 0.6) is 0 Å². The van der Waals surface area contributed by atoms with Crippen molar-refractivity contribution in [1.29, 1.82) is 0 Å². The summed E-state index contributed by atoms with van der Waals surface area (Å²) in [7, 11) is 0. The lowest BCUT2D eigenvalue weighted by molar-refractivity contribution is 0.0496. The number of ether oxygens (including phenoxy) is 2. The van der Waals surface area contributed by atoms with Crippen LogP contribution in [0.2, 0.25) is 0 Å². The number of hydrogen-bond acceptors (Lipinski definition) is 3. The van der Waals surface area contributed by atoms with E-state index >= 15 is 0 Å². The molecular weight excluding hydrogens is 324 g/mol. The zero-order chi connectivity index (χ0) is 18.5. The molecule has 1 aliphatic heterocycles. The zero-order valence-corrected chi connectivity index (χ0v) is 16.5. The van der Waals surface area contributed by atoms with Crippen molar-refractivity contribution < 1.29 is 14.3 Å². The number of rotatable bonds is 15. The van der Waals surface area contributed by atoms with Crippen LogP contribution < -0.4 is 0 Å². The maximum absolute atomic E-state index is 11.8. The van der Waals surface area contributed by atoms with E-state index in [1.807, 2.05) is 18.2 Å². The van der Waals surface area contributed by atoms with Gasteiger partial charge in [0.15, 0.2) is 0 Å². The minimum atomic E-state index is -0.228. The van der Waals surface area contributed by atoms with Gasteiger partial charge in [-0.1, -0.05) is 82.9 Å².